The standard InChI is InChI=1S/C16H26N4O/c1-3-8-17-15-12(4-2)16(19-11-18-15)20-9-10-21-14-7-5-6-13(14)20/h11,13-14H,3-10H2,1-2H3,(H,17,18,19). The van der Waals surface area contributed by atoms with Gasteiger partial charge in [-0.05, 0) is 32.1 Å². The topological polar surface area (TPSA) is 50.3 Å². The largest absolute Gasteiger partial charge is 0.374 e. The molecule has 1 N–H and O–H groups in total. The predicted molar refractivity (Wildman–Crippen MR) is 84.9 cm³/mol. The second-order valence-corrected chi connectivity index (χ2v) is 5.91. The molecule has 2 aliphatic rings. The van der Waals surface area contributed by atoms with Gasteiger partial charge in [0.2, 0.25) is 0 Å². The van der Waals surface area contributed by atoms with Crippen molar-refractivity contribution >= 4 is 11.6 Å². The van der Waals surface area contributed by atoms with Gasteiger partial charge in [-0.2, -0.15) is 0 Å². The van der Waals surface area contributed by atoms with Crippen molar-refractivity contribution in [2.24, 2.45) is 0 Å². The summed E-state index contributed by atoms with van der Waals surface area (Å²) in [6.07, 6.45) is 7.82. The Morgan fingerprint density at radius 1 is 1.33 bits per heavy atom. The van der Waals surface area contributed by atoms with Crippen LogP contribution < -0.4 is 10.2 Å². The molecule has 3 rings (SSSR count). The second kappa shape index (κ2) is 6.60. The van der Waals surface area contributed by atoms with E-state index in [0.29, 0.717) is 12.1 Å². The summed E-state index contributed by atoms with van der Waals surface area (Å²) in [5.74, 6) is 2.12. The number of rotatable bonds is 5. The van der Waals surface area contributed by atoms with E-state index in [1.54, 1.807) is 6.33 Å². The first-order valence-electron chi connectivity index (χ1n) is 8.31. The number of nitrogens with one attached hydrogen (secondary N) is 1. The van der Waals surface area contributed by atoms with Crippen LogP contribution in [-0.4, -0.2) is 41.8 Å². The van der Waals surface area contributed by atoms with Gasteiger partial charge in [0.05, 0.1) is 18.8 Å². The van der Waals surface area contributed by atoms with Gasteiger partial charge in [-0.1, -0.05) is 13.8 Å². The third-order valence-electron chi connectivity index (χ3n) is 4.57. The fourth-order valence-corrected chi connectivity index (χ4v) is 3.56. The van der Waals surface area contributed by atoms with Crippen LogP contribution in [0.1, 0.15) is 45.1 Å². The molecule has 2 heterocycles. The van der Waals surface area contributed by atoms with E-state index in [1.165, 1.54) is 24.8 Å². The highest BCUT2D eigenvalue weighted by atomic mass is 16.5. The highest BCUT2D eigenvalue weighted by molar-refractivity contribution is 5.59. The quantitative estimate of drug-likeness (QED) is 0.903. The maximum absolute atomic E-state index is 5.92. The first kappa shape index (κ1) is 14.6. The third-order valence-corrected chi connectivity index (χ3v) is 4.57. The van der Waals surface area contributed by atoms with E-state index in [9.17, 15) is 0 Å². The lowest BCUT2D eigenvalue weighted by atomic mass is 10.1. The van der Waals surface area contributed by atoms with Gasteiger partial charge in [-0.3, -0.25) is 0 Å². The summed E-state index contributed by atoms with van der Waals surface area (Å²) < 4.78 is 5.92. The van der Waals surface area contributed by atoms with Crippen molar-refractivity contribution in [3.05, 3.63) is 11.9 Å². The predicted octanol–water partition coefficient (Wildman–Crippen LogP) is 2.62. The van der Waals surface area contributed by atoms with E-state index in [1.807, 2.05) is 0 Å². The van der Waals surface area contributed by atoms with E-state index in [4.69, 9.17) is 4.74 Å². The summed E-state index contributed by atoms with van der Waals surface area (Å²) in [7, 11) is 0. The average molecular weight is 290 g/mol. The van der Waals surface area contributed by atoms with Gasteiger partial charge >= 0.3 is 0 Å². The van der Waals surface area contributed by atoms with Gasteiger partial charge < -0.3 is 15.0 Å². The smallest absolute Gasteiger partial charge is 0.137 e. The number of hydrogen-bond acceptors (Lipinski definition) is 5. The van der Waals surface area contributed by atoms with Crippen molar-refractivity contribution in [3.63, 3.8) is 0 Å². The fourth-order valence-electron chi connectivity index (χ4n) is 3.56. The zero-order valence-corrected chi connectivity index (χ0v) is 13.1. The first-order valence-corrected chi connectivity index (χ1v) is 8.31. The van der Waals surface area contributed by atoms with Gasteiger partial charge in [0.1, 0.15) is 18.0 Å². The molecule has 0 spiro atoms. The van der Waals surface area contributed by atoms with Crippen LogP contribution in [0.3, 0.4) is 0 Å². The molecule has 1 aliphatic heterocycles. The zero-order chi connectivity index (χ0) is 14.7. The van der Waals surface area contributed by atoms with Gasteiger partial charge in [-0.25, -0.2) is 9.97 Å². The minimum atomic E-state index is 0.394. The van der Waals surface area contributed by atoms with Gasteiger partial charge in [0, 0.05) is 18.7 Å². The number of nitrogens with zero attached hydrogens (tertiary/aromatic N) is 3. The van der Waals surface area contributed by atoms with Crippen LogP contribution >= 0.6 is 0 Å². The highest BCUT2D eigenvalue weighted by Gasteiger charge is 2.37. The number of fused-ring (bicyclic) bond motifs is 1. The Kier molecular flexibility index (Phi) is 4.58. The summed E-state index contributed by atoms with van der Waals surface area (Å²) in [5.41, 5.74) is 1.25. The molecule has 2 unspecified atom stereocenters. The Bertz CT molecular complexity index is 479. The lowest BCUT2D eigenvalue weighted by Gasteiger charge is -2.39. The molecule has 0 amide bonds. The normalized spacial score (nSPS) is 25.0. The molecule has 5 nitrogen and oxygen atoms in total. The van der Waals surface area contributed by atoms with Crippen LogP contribution in [0.4, 0.5) is 11.6 Å². The number of morpholine rings is 1. The monoisotopic (exact) mass is 290 g/mol. The van der Waals surface area contributed by atoms with Gasteiger partial charge in [-0.15, -0.1) is 0 Å². The number of hydrogen-bond donors (Lipinski definition) is 1. The van der Waals surface area contributed by atoms with E-state index in [0.717, 1.165) is 44.2 Å². The Hall–Kier alpha value is -1.36. The number of ether oxygens (including phenoxy) is 1. The highest BCUT2D eigenvalue weighted by Crippen LogP contribution is 2.35. The molecule has 1 aliphatic carbocycles. The summed E-state index contributed by atoms with van der Waals surface area (Å²) in [5, 5.41) is 3.44. The molecule has 21 heavy (non-hydrogen) atoms. The molecule has 0 bridgehead atoms. The van der Waals surface area contributed by atoms with Crippen LogP contribution in [0, 0.1) is 0 Å². The molecule has 1 saturated heterocycles. The molecule has 116 valence electrons. The molecular weight excluding hydrogens is 264 g/mol. The number of anilines is 2. The van der Waals surface area contributed by atoms with Crippen molar-refractivity contribution in [3.8, 4) is 0 Å². The molecule has 0 radical (unpaired) electrons. The zero-order valence-electron chi connectivity index (χ0n) is 13.1. The minimum Gasteiger partial charge on any atom is -0.374 e. The van der Waals surface area contributed by atoms with Crippen LogP contribution in [-0.2, 0) is 11.2 Å². The lowest BCUT2D eigenvalue weighted by molar-refractivity contribution is 0.0252. The van der Waals surface area contributed by atoms with Crippen molar-refractivity contribution in [2.45, 2.75) is 58.1 Å². The first-order chi connectivity index (χ1) is 10.3. The maximum Gasteiger partial charge on any atom is 0.137 e. The van der Waals surface area contributed by atoms with Crippen LogP contribution in [0.2, 0.25) is 0 Å². The summed E-state index contributed by atoms with van der Waals surface area (Å²) >= 11 is 0. The maximum atomic E-state index is 5.92. The van der Waals surface area contributed by atoms with E-state index >= 15 is 0 Å². The minimum absolute atomic E-state index is 0.394. The van der Waals surface area contributed by atoms with E-state index < -0.39 is 0 Å². The Balaban J connectivity index is 1.89. The SMILES string of the molecule is CCCNc1ncnc(N2CCOC3CCCC32)c1CC. The van der Waals surface area contributed by atoms with Gasteiger partial charge in [0.15, 0.2) is 0 Å². The summed E-state index contributed by atoms with van der Waals surface area (Å²) in [6.45, 7) is 7.07. The summed E-state index contributed by atoms with van der Waals surface area (Å²) in [6, 6.07) is 0.498. The molecule has 2 atom stereocenters. The second-order valence-electron chi connectivity index (χ2n) is 5.91. The molecule has 1 aromatic heterocycles. The van der Waals surface area contributed by atoms with Crippen molar-refractivity contribution < 1.29 is 4.74 Å². The molecule has 2 fully saturated rings. The van der Waals surface area contributed by atoms with Crippen LogP contribution in [0.25, 0.3) is 0 Å². The average Bonchev–Trinajstić information content (AvgIpc) is 3.01. The van der Waals surface area contributed by atoms with Crippen molar-refractivity contribution in [1.82, 2.24) is 9.97 Å². The number of aromatic nitrogens is 2. The molecular formula is C16H26N4O. The van der Waals surface area contributed by atoms with E-state index in [2.05, 4.69) is 34.0 Å². The van der Waals surface area contributed by atoms with Gasteiger partial charge in [0.25, 0.3) is 0 Å². The summed E-state index contributed by atoms with van der Waals surface area (Å²) in [4.78, 5) is 11.5. The Morgan fingerprint density at radius 2 is 2.24 bits per heavy atom. The molecule has 1 saturated carbocycles. The molecule has 1 aromatic rings. The van der Waals surface area contributed by atoms with Crippen molar-refractivity contribution in [2.75, 3.05) is 29.9 Å². The van der Waals surface area contributed by atoms with Crippen molar-refractivity contribution in [1.29, 1.82) is 0 Å². The Labute approximate surface area is 127 Å². The molecule has 5 heteroatoms. The van der Waals surface area contributed by atoms with Crippen LogP contribution in [0.15, 0.2) is 6.33 Å². The Morgan fingerprint density at radius 3 is 3.05 bits per heavy atom. The van der Waals surface area contributed by atoms with E-state index in [-0.39, 0.29) is 0 Å². The van der Waals surface area contributed by atoms with Crippen LogP contribution in [0.5, 0.6) is 0 Å². The molecule has 0 aromatic carbocycles. The fraction of sp³-hybridized carbons (Fsp3) is 0.750. The lowest BCUT2D eigenvalue weighted by Crippen LogP contribution is -2.49. The third kappa shape index (κ3) is 2.84.